The highest BCUT2D eigenvalue weighted by Gasteiger charge is 2.24. The van der Waals surface area contributed by atoms with Crippen LogP contribution in [0.2, 0.25) is 0 Å². The molecule has 1 nitrogen and oxygen atoms in total. The Morgan fingerprint density at radius 2 is 1.33 bits per heavy atom. The lowest BCUT2D eigenvalue weighted by atomic mass is 9.79. The van der Waals surface area contributed by atoms with Gasteiger partial charge in [-0.15, -0.1) is 0 Å². The average molecular weight is 502 g/mol. The van der Waals surface area contributed by atoms with Gasteiger partial charge in [-0.2, -0.15) is 0 Å². The Balaban J connectivity index is 1.57. The van der Waals surface area contributed by atoms with Gasteiger partial charge in [0, 0.05) is 17.1 Å². The molecule has 0 saturated heterocycles. The van der Waals surface area contributed by atoms with E-state index in [1.165, 1.54) is 96.9 Å². The minimum Gasteiger partial charge on any atom is -0.256 e. The summed E-state index contributed by atoms with van der Waals surface area (Å²) in [5, 5.41) is 2.65. The van der Waals surface area contributed by atoms with Crippen molar-refractivity contribution in [3.63, 3.8) is 0 Å². The van der Waals surface area contributed by atoms with Crippen molar-refractivity contribution in [2.75, 3.05) is 18.3 Å². The third-order valence-corrected chi connectivity index (χ3v) is 11.7. The summed E-state index contributed by atoms with van der Waals surface area (Å²) >= 11 is 0. The van der Waals surface area contributed by atoms with E-state index in [1.54, 1.807) is 11.1 Å². The molecule has 0 unspecified atom stereocenters. The van der Waals surface area contributed by atoms with E-state index in [9.17, 15) is 0 Å². The first-order valence-electron chi connectivity index (χ1n) is 14.4. The number of benzene rings is 2. The van der Waals surface area contributed by atoms with Crippen LogP contribution < -0.4 is 0 Å². The molecular weight excluding hydrogens is 454 g/mol. The van der Waals surface area contributed by atoms with Gasteiger partial charge in [-0.1, -0.05) is 71.4 Å². The van der Waals surface area contributed by atoms with E-state index in [0.29, 0.717) is 5.41 Å². The van der Waals surface area contributed by atoms with Crippen LogP contribution in [0.25, 0.3) is 22.0 Å². The Labute approximate surface area is 221 Å². The average Bonchev–Trinajstić information content (AvgIpc) is 2.87. The predicted molar refractivity (Wildman–Crippen MR) is 161 cm³/mol. The van der Waals surface area contributed by atoms with Crippen LogP contribution in [0, 0.1) is 5.41 Å². The number of pyridine rings is 1. The van der Waals surface area contributed by atoms with Gasteiger partial charge in [-0.3, -0.25) is 4.98 Å². The van der Waals surface area contributed by atoms with Crippen molar-refractivity contribution in [3.8, 4) is 11.3 Å². The molecule has 2 fully saturated rings. The van der Waals surface area contributed by atoms with Gasteiger partial charge in [-0.05, 0) is 113 Å². The Kier molecular flexibility index (Phi) is 7.55. The quantitative estimate of drug-likeness (QED) is 0.339. The van der Waals surface area contributed by atoms with Crippen molar-refractivity contribution in [2.24, 2.45) is 5.41 Å². The summed E-state index contributed by atoms with van der Waals surface area (Å²) in [5.41, 5.74) is 6.03. The van der Waals surface area contributed by atoms with Crippen LogP contribution >= 0.6 is 10.0 Å². The number of rotatable bonds is 5. The first-order chi connectivity index (χ1) is 17.2. The summed E-state index contributed by atoms with van der Waals surface area (Å²) in [5.74, 6) is 2.70. The summed E-state index contributed by atoms with van der Waals surface area (Å²) in [7, 11) is -0.850. The van der Waals surface area contributed by atoms with E-state index in [2.05, 4.69) is 75.7 Å². The van der Waals surface area contributed by atoms with Gasteiger partial charge in [0.1, 0.15) is 0 Å². The fourth-order valence-corrected chi connectivity index (χ4v) is 10.3. The minimum absolute atomic E-state index is 0.340. The highest BCUT2D eigenvalue weighted by Crippen LogP contribution is 2.53. The van der Waals surface area contributed by atoms with Crippen LogP contribution in [0.5, 0.6) is 0 Å². The standard InChI is InChI=1S/C34H47NS/c1-34(2,3)24-36(4,5)31-16-17-32-27(23-31)18-19-35-33(32)30-21-28(25-12-8-6-9-13-25)20-29(22-30)26-14-10-7-11-15-26/h16-23,25-26H,6-15,24H2,1-5H3. The first-order valence-corrected chi connectivity index (χ1v) is 17.1. The Bertz CT molecular complexity index is 1150. The maximum atomic E-state index is 5.01. The molecule has 1 aromatic heterocycles. The fraction of sp³-hybridized carbons (Fsp3) is 0.559. The lowest BCUT2D eigenvalue weighted by Crippen LogP contribution is -2.17. The van der Waals surface area contributed by atoms with E-state index in [0.717, 1.165) is 11.8 Å². The normalized spacial score (nSPS) is 19.0. The molecule has 2 aromatic carbocycles. The molecule has 2 aliphatic rings. The molecule has 0 spiro atoms. The van der Waals surface area contributed by atoms with Crippen LogP contribution in [0.15, 0.2) is 53.6 Å². The van der Waals surface area contributed by atoms with E-state index >= 15 is 0 Å². The molecule has 0 bridgehead atoms. The largest absolute Gasteiger partial charge is 0.256 e. The molecule has 5 rings (SSSR count). The van der Waals surface area contributed by atoms with Crippen LogP contribution in [-0.4, -0.2) is 23.2 Å². The molecule has 194 valence electrons. The summed E-state index contributed by atoms with van der Waals surface area (Å²) in [4.78, 5) is 6.52. The van der Waals surface area contributed by atoms with Gasteiger partial charge in [0.15, 0.2) is 0 Å². The fourth-order valence-electron chi connectivity index (χ4n) is 7.05. The molecule has 2 heteroatoms. The first kappa shape index (κ1) is 25.8. The molecule has 3 aromatic rings. The summed E-state index contributed by atoms with van der Waals surface area (Å²) < 4.78 is 0. The second-order valence-electron chi connectivity index (χ2n) is 13.3. The molecule has 2 aliphatic carbocycles. The number of hydrogen-bond donors (Lipinski definition) is 0. The zero-order chi connectivity index (χ0) is 25.3. The molecule has 0 atom stereocenters. The van der Waals surface area contributed by atoms with Crippen LogP contribution in [0.3, 0.4) is 0 Å². The Morgan fingerprint density at radius 3 is 1.89 bits per heavy atom. The zero-order valence-electron chi connectivity index (χ0n) is 23.4. The van der Waals surface area contributed by atoms with Crippen molar-refractivity contribution >= 4 is 20.8 Å². The van der Waals surface area contributed by atoms with Crippen molar-refractivity contribution in [1.29, 1.82) is 0 Å². The Morgan fingerprint density at radius 1 is 0.750 bits per heavy atom. The molecule has 36 heavy (non-hydrogen) atoms. The van der Waals surface area contributed by atoms with Gasteiger partial charge in [0.2, 0.25) is 0 Å². The molecule has 1 heterocycles. The van der Waals surface area contributed by atoms with E-state index in [1.807, 2.05) is 6.20 Å². The van der Waals surface area contributed by atoms with E-state index in [-0.39, 0.29) is 0 Å². The molecule has 2 saturated carbocycles. The molecule has 0 aliphatic heterocycles. The maximum absolute atomic E-state index is 5.01. The monoisotopic (exact) mass is 501 g/mol. The van der Waals surface area contributed by atoms with Gasteiger partial charge in [0.05, 0.1) is 5.69 Å². The van der Waals surface area contributed by atoms with Crippen LogP contribution in [0.4, 0.5) is 0 Å². The predicted octanol–water partition coefficient (Wildman–Crippen LogP) is 10.5. The molecular formula is C34H47NS. The SMILES string of the molecule is CC(C)(C)CS(C)(C)c1ccc2c(-c3cc(C4CCCCC4)cc(C4CCCCC4)c3)nccc2c1. The lowest BCUT2D eigenvalue weighted by Gasteiger charge is -2.38. The van der Waals surface area contributed by atoms with Crippen LogP contribution in [-0.2, 0) is 0 Å². The lowest BCUT2D eigenvalue weighted by molar-refractivity contribution is 0.435. The molecule has 0 N–H and O–H groups in total. The second-order valence-corrected chi connectivity index (χ2v) is 17.2. The van der Waals surface area contributed by atoms with Gasteiger partial charge >= 0.3 is 0 Å². The van der Waals surface area contributed by atoms with Crippen molar-refractivity contribution < 1.29 is 0 Å². The van der Waals surface area contributed by atoms with Gasteiger partial charge < -0.3 is 0 Å². The summed E-state index contributed by atoms with van der Waals surface area (Å²) in [6.07, 6.45) is 20.8. The number of aromatic nitrogens is 1. The van der Waals surface area contributed by atoms with Gasteiger partial charge in [-0.25, -0.2) is 10.0 Å². The van der Waals surface area contributed by atoms with Gasteiger partial charge in [0.25, 0.3) is 0 Å². The third kappa shape index (κ3) is 5.85. The maximum Gasteiger partial charge on any atom is 0.0780 e. The van der Waals surface area contributed by atoms with Crippen molar-refractivity contribution in [3.05, 3.63) is 59.8 Å². The summed E-state index contributed by atoms with van der Waals surface area (Å²) in [6, 6.07) is 17.1. The zero-order valence-corrected chi connectivity index (χ0v) is 24.2. The van der Waals surface area contributed by atoms with E-state index < -0.39 is 10.0 Å². The highest BCUT2D eigenvalue weighted by molar-refractivity contribution is 8.32. The molecule has 0 amide bonds. The van der Waals surface area contributed by atoms with Crippen molar-refractivity contribution in [2.45, 2.75) is 102 Å². The van der Waals surface area contributed by atoms with Crippen LogP contribution in [0.1, 0.15) is 108 Å². The number of nitrogens with zero attached hydrogens (tertiary/aromatic N) is 1. The Hall–Kier alpha value is -1.80. The summed E-state index contributed by atoms with van der Waals surface area (Å²) in [6.45, 7) is 7.11. The second kappa shape index (κ2) is 10.5. The molecule has 0 radical (unpaired) electrons. The topological polar surface area (TPSA) is 12.9 Å². The highest BCUT2D eigenvalue weighted by atomic mass is 32.3. The smallest absolute Gasteiger partial charge is 0.0780 e. The van der Waals surface area contributed by atoms with Crippen molar-refractivity contribution in [1.82, 2.24) is 4.98 Å². The number of fused-ring (bicyclic) bond motifs is 1. The third-order valence-electron chi connectivity index (χ3n) is 8.57. The van der Waals surface area contributed by atoms with E-state index in [4.69, 9.17) is 4.98 Å². The number of hydrogen-bond acceptors (Lipinski definition) is 1. The minimum atomic E-state index is -0.850.